The highest BCUT2D eigenvalue weighted by Crippen LogP contribution is 2.32. The van der Waals surface area contributed by atoms with Gasteiger partial charge >= 0.3 is 0 Å². The fraction of sp³-hybridized carbons (Fsp3) is 0.538. The van der Waals surface area contributed by atoms with E-state index in [1.165, 1.54) is 5.56 Å². The zero-order valence-corrected chi connectivity index (χ0v) is 10.5. The molecule has 2 atom stereocenters. The predicted octanol–water partition coefficient (Wildman–Crippen LogP) is 2.40. The maximum atomic E-state index is 5.68. The monoisotopic (exact) mass is 223 g/mol. The van der Waals surface area contributed by atoms with E-state index >= 15 is 0 Å². The van der Waals surface area contributed by atoms with Crippen LogP contribution in [0.1, 0.15) is 25.3 Å². The quantitative estimate of drug-likeness (QED) is 0.833. The lowest BCUT2D eigenvalue weighted by Crippen LogP contribution is -2.17. The van der Waals surface area contributed by atoms with Gasteiger partial charge in [-0.2, -0.15) is 0 Å². The molecular formula is C13H21NO2. The minimum atomic E-state index is 0.421. The summed E-state index contributed by atoms with van der Waals surface area (Å²) >= 11 is 0. The number of methoxy groups -OCH3 is 2. The second-order valence-electron chi connectivity index (χ2n) is 4.12. The molecule has 1 rings (SSSR count). The third-order valence-corrected chi connectivity index (χ3v) is 3.16. The van der Waals surface area contributed by atoms with E-state index in [2.05, 4.69) is 19.9 Å². The van der Waals surface area contributed by atoms with Crippen LogP contribution in [0.25, 0.3) is 0 Å². The van der Waals surface area contributed by atoms with Crippen molar-refractivity contribution in [1.29, 1.82) is 0 Å². The fourth-order valence-electron chi connectivity index (χ4n) is 1.67. The van der Waals surface area contributed by atoms with Crippen molar-refractivity contribution in [2.45, 2.75) is 19.8 Å². The second-order valence-corrected chi connectivity index (χ2v) is 4.12. The van der Waals surface area contributed by atoms with Crippen molar-refractivity contribution >= 4 is 0 Å². The normalized spacial score (nSPS) is 14.3. The summed E-state index contributed by atoms with van der Waals surface area (Å²) in [5, 5.41) is 0. The zero-order chi connectivity index (χ0) is 12.1. The van der Waals surface area contributed by atoms with E-state index in [4.69, 9.17) is 15.2 Å². The number of nitrogens with two attached hydrogens (primary N) is 1. The van der Waals surface area contributed by atoms with Gasteiger partial charge < -0.3 is 15.2 Å². The Morgan fingerprint density at radius 1 is 1.12 bits per heavy atom. The summed E-state index contributed by atoms with van der Waals surface area (Å²) in [5.74, 6) is 2.41. The summed E-state index contributed by atoms with van der Waals surface area (Å²) in [6.07, 6.45) is 0. The zero-order valence-electron chi connectivity index (χ0n) is 10.5. The van der Waals surface area contributed by atoms with Gasteiger partial charge in [-0.15, -0.1) is 0 Å². The highest BCUT2D eigenvalue weighted by atomic mass is 16.5. The standard InChI is InChI=1S/C13H21NO2/c1-9(8-14)10(2)11-5-6-12(15-3)13(7-11)16-4/h5-7,9-10H,8,14H2,1-4H3. The molecule has 0 amide bonds. The Bertz CT molecular complexity index is 339. The Morgan fingerprint density at radius 3 is 2.25 bits per heavy atom. The van der Waals surface area contributed by atoms with Crippen molar-refractivity contribution in [3.05, 3.63) is 23.8 Å². The Kier molecular flexibility index (Phi) is 4.62. The maximum absolute atomic E-state index is 5.68. The Labute approximate surface area is 97.6 Å². The molecule has 90 valence electrons. The van der Waals surface area contributed by atoms with E-state index in [-0.39, 0.29) is 0 Å². The first kappa shape index (κ1) is 12.8. The Balaban J connectivity index is 2.98. The van der Waals surface area contributed by atoms with Crippen molar-refractivity contribution in [2.75, 3.05) is 20.8 Å². The molecule has 2 N–H and O–H groups in total. The van der Waals surface area contributed by atoms with Crippen LogP contribution < -0.4 is 15.2 Å². The van der Waals surface area contributed by atoms with Crippen LogP contribution in [0.4, 0.5) is 0 Å². The van der Waals surface area contributed by atoms with Gasteiger partial charge in [-0.1, -0.05) is 19.9 Å². The van der Waals surface area contributed by atoms with Crippen molar-refractivity contribution in [3.63, 3.8) is 0 Å². The van der Waals surface area contributed by atoms with Crippen LogP contribution in [-0.4, -0.2) is 20.8 Å². The van der Waals surface area contributed by atoms with Gasteiger partial charge in [-0.25, -0.2) is 0 Å². The fourth-order valence-corrected chi connectivity index (χ4v) is 1.67. The SMILES string of the molecule is COc1ccc(C(C)C(C)CN)cc1OC. The summed E-state index contributed by atoms with van der Waals surface area (Å²) in [4.78, 5) is 0. The number of hydrogen-bond donors (Lipinski definition) is 1. The molecule has 16 heavy (non-hydrogen) atoms. The summed E-state index contributed by atoms with van der Waals surface area (Å²) in [7, 11) is 3.29. The third kappa shape index (κ3) is 2.67. The minimum Gasteiger partial charge on any atom is -0.493 e. The van der Waals surface area contributed by atoms with Gasteiger partial charge in [0.15, 0.2) is 11.5 Å². The van der Waals surface area contributed by atoms with Gasteiger partial charge in [0.1, 0.15) is 0 Å². The molecule has 1 aromatic carbocycles. The van der Waals surface area contributed by atoms with Crippen molar-refractivity contribution in [1.82, 2.24) is 0 Å². The molecule has 0 radical (unpaired) electrons. The van der Waals surface area contributed by atoms with E-state index in [1.807, 2.05) is 12.1 Å². The molecule has 0 aliphatic rings. The van der Waals surface area contributed by atoms with E-state index in [0.29, 0.717) is 18.4 Å². The van der Waals surface area contributed by atoms with Gasteiger partial charge in [0.05, 0.1) is 14.2 Å². The molecule has 0 spiro atoms. The molecule has 2 unspecified atom stereocenters. The van der Waals surface area contributed by atoms with Crippen molar-refractivity contribution in [2.24, 2.45) is 11.7 Å². The van der Waals surface area contributed by atoms with E-state index < -0.39 is 0 Å². The Hall–Kier alpha value is -1.22. The van der Waals surface area contributed by atoms with Gasteiger partial charge in [-0.3, -0.25) is 0 Å². The first-order chi connectivity index (χ1) is 7.63. The molecule has 1 aromatic rings. The van der Waals surface area contributed by atoms with Gasteiger partial charge in [0.2, 0.25) is 0 Å². The number of hydrogen-bond acceptors (Lipinski definition) is 3. The van der Waals surface area contributed by atoms with Gasteiger partial charge in [0, 0.05) is 0 Å². The van der Waals surface area contributed by atoms with Crippen LogP contribution in [0, 0.1) is 5.92 Å². The van der Waals surface area contributed by atoms with Crippen LogP contribution in [0.15, 0.2) is 18.2 Å². The average molecular weight is 223 g/mol. The van der Waals surface area contributed by atoms with Gasteiger partial charge in [-0.05, 0) is 36.1 Å². The van der Waals surface area contributed by atoms with E-state index in [9.17, 15) is 0 Å². The molecular weight excluding hydrogens is 202 g/mol. The number of ether oxygens (including phenoxy) is 2. The molecule has 0 heterocycles. The van der Waals surface area contributed by atoms with Crippen LogP contribution in [0.3, 0.4) is 0 Å². The smallest absolute Gasteiger partial charge is 0.160 e. The molecule has 0 aromatic heterocycles. The second kappa shape index (κ2) is 5.75. The lowest BCUT2D eigenvalue weighted by Gasteiger charge is -2.19. The summed E-state index contributed by atoms with van der Waals surface area (Å²) in [6.45, 7) is 5.02. The van der Waals surface area contributed by atoms with Crippen molar-refractivity contribution in [3.8, 4) is 11.5 Å². The highest BCUT2D eigenvalue weighted by molar-refractivity contribution is 5.43. The first-order valence-corrected chi connectivity index (χ1v) is 5.56. The topological polar surface area (TPSA) is 44.5 Å². The van der Waals surface area contributed by atoms with Crippen LogP contribution in [-0.2, 0) is 0 Å². The largest absolute Gasteiger partial charge is 0.493 e. The summed E-state index contributed by atoms with van der Waals surface area (Å²) in [6, 6.07) is 6.03. The molecule has 0 aliphatic carbocycles. The van der Waals surface area contributed by atoms with Crippen LogP contribution >= 0.6 is 0 Å². The van der Waals surface area contributed by atoms with E-state index in [0.717, 1.165) is 11.5 Å². The number of rotatable bonds is 5. The molecule has 0 fully saturated rings. The maximum Gasteiger partial charge on any atom is 0.160 e. The van der Waals surface area contributed by atoms with Crippen LogP contribution in [0.5, 0.6) is 11.5 Å². The Morgan fingerprint density at radius 2 is 1.75 bits per heavy atom. The summed E-state index contributed by atoms with van der Waals surface area (Å²) < 4.78 is 10.5. The lowest BCUT2D eigenvalue weighted by atomic mass is 9.89. The van der Waals surface area contributed by atoms with E-state index in [1.54, 1.807) is 14.2 Å². The molecule has 3 nitrogen and oxygen atoms in total. The van der Waals surface area contributed by atoms with Gasteiger partial charge in [0.25, 0.3) is 0 Å². The number of benzene rings is 1. The summed E-state index contributed by atoms with van der Waals surface area (Å²) in [5.41, 5.74) is 6.91. The first-order valence-electron chi connectivity index (χ1n) is 5.56. The average Bonchev–Trinajstić information content (AvgIpc) is 2.35. The predicted molar refractivity (Wildman–Crippen MR) is 66.2 cm³/mol. The highest BCUT2D eigenvalue weighted by Gasteiger charge is 2.15. The van der Waals surface area contributed by atoms with Crippen molar-refractivity contribution < 1.29 is 9.47 Å². The third-order valence-electron chi connectivity index (χ3n) is 3.16. The minimum absolute atomic E-state index is 0.421. The molecule has 3 heteroatoms. The molecule has 0 saturated carbocycles. The molecule has 0 saturated heterocycles. The lowest BCUT2D eigenvalue weighted by molar-refractivity contribution is 0.353. The van der Waals surface area contributed by atoms with Crippen LogP contribution in [0.2, 0.25) is 0 Å². The molecule has 0 bridgehead atoms. The molecule has 0 aliphatic heterocycles.